The number of halogens is 3. The van der Waals surface area contributed by atoms with Crippen molar-refractivity contribution in [2.24, 2.45) is 0 Å². The topological polar surface area (TPSA) is 46.2 Å². The van der Waals surface area contributed by atoms with E-state index in [-0.39, 0.29) is 28.3 Å². The molecule has 0 fully saturated rings. The number of alkyl halides is 3. The van der Waals surface area contributed by atoms with E-state index < -0.39 is 17.5 Å². The summed E-state index contributed by atoms with van der Waals surface area (Å²) in [4.78, 5) is 24.4. The summed E-state index contributed by atoms with van der Waals surface area (Å²) in [5, 5.41) is 2.61. The predicted octanol–water partition coefficient (Wildman–Crippen LogP) is 4.08. The molecule has 23 heavy (non-hydrogen) atoms. The Kier molecular flexibility index (Phi) is 3.52. The Morgan fingerprint density at radius 2 is 1.57 bits per heavy atom. The van der Waals surface area contributed by atoms with Crippen LogP contribution >= 0.6 is 0 Å². The van der Waals surface area contributed by atoms with Gasteiger partial charge in [0.2, 0.25) is 5.78 Å². The van der Waals surface area contributed by atoms with Gasteiger partial charge in [0.1, 0.15) is 0 Å². The number of Topliss-reactive ketones (excluding diaryl/α,β-unsaturated/α-hetero) is 1. The second kappa shape index (κ2) is 5.39. The van der Waals surface area contributed by atoms with Crippen molar-refractivity contribution in [3.8, 4) is 0 Å². The highest BCUT2D eigenvalue weighted by Crippen LogP contribution is 2.31. The van der Waals surface area contributed by atoms with Crippen molar-refractivity contribution >= 4 is 17.3 Å². The molecule has 0 amide bonds. The minimum atomic E-state index is -4.48. The quantitative estimate of drug-likeness (QED) is 0.908. The van der Waals surface area contributed by atoms with Crippen LogP contribution in [0.15, 0.2) is 60.3 Å². The van der Waals surface area contributed by atoms with Crippen molar-refractivity contribution in [2.45, 2.75) is 6.18 Å². The molecule has 0 spiro atoms. The molecule has 0 aromatic heterocycles. The molecule has 1 aliphatic rings. The number of ketones is 2. The molecule has 3 nitrogen and oxygen atoms in total. The molecule has 2 aromatic carbocycles. The van der Waals surface area contributed by atoms with Gasteiger partial charge in [-0.15, -0.1) is 0 Å². The van der Waals surface area contributed by atoms with Gasteiger partial charge in [-0.3, -0.25) is 9.59 Å². The van der Waals surface area contributed by atoms with E-state index in [1.54, 1.807) is 12.1 Å². The number of fused-ring (bicyclic) bond motifs is 1. The van der Waals surface area contributed by atoms with E-state index in [2.05, 4.69) is 5.32 Å². The lowest BCUT2D eigenvalue weighted by atomic mass is 9.92. The molecule has 0 radical (unpaired) electrons. The summed E-state index contributed by atoms with van der Waals surface area (Å²) in [6.45, 7) is 0. The van der Waals surface area contributed by atoms with Crippen LogP contribution in [0.2, 0.25) is 0 Å². The van der Waals surface area contributed by atoms with Gasteiger partial charge >= 0.3 is 6.18 Å². The molecule has 0 saturated heterocycles. The predicted molar refractivity (Wildman–Crippen MR) is 78.3 cm³/mol. The third-order valence-electron chi connectivity index (χ3n) is 3.43. The largest absolute Gasteiger partial charge is 0.416 e. The third kappa shape index (κ3) is 2.88. The summed E-state index contributed by atoms with van der Waals surface area (Å²) in [6, 6.07) is 10.8. The highest BCUT2D eigenvalue weighted by atomic mass is 19.4. The third-order valence-corrected chi connectivity index (χ3v) is 3.43. The maximum absolute atomic E-state index is 12.7. The van der Waals surface area contributed by atoms with Gasteiger partial charge in [-0.05, 0) is 18.2 Å². The molecule has 0 aliphatic heterocycles. The standard InChI is InChI=1S/C17H10F3NO2/c18-17(19,20)10-4-3-5-11(8-10)21-14-9-15(22)12-6-1-2-7-13(12)16(14)23/h1-9,21H. The summed E-state index contributed by atoms with van der Waals surface area (Å²) >= 11 is 0. The van der Waals surface area contributed by atoms with Gasteiger partial charge in [0.05, 0.1) is 11.3 Å². The first-order chi connectivity index (χ1) is 10.9. The van der Waals surface area contributed by atoms with Gasteiger partial charge in [-0.2, -0.15) is 13.2 Å². The molecular weight excluding hydrogens is 307 g/mol. The number of allylic oxidation sites excluding steroid dienone is 2. The number of carbonyl (C=O) groups is 2. The molecule has 0 heterocycles. The highest BCUT2D eigenvalue weighted by Gasteiger charge is 2.31. The van der Waals surface area contributed by atoms with Crippen molar-refractivity contribution in [1.29, 1.82) is 0 Å². The zero-order valence-electron chi connectivity index (χ0n) is 11.6. The maximum Gasteiger partial charge on any atom is 0.416 e. The number of rotatable bonds is 2. The lowest BCUT2D eigenvalue weighted by molar-refractivity contribution is -0.137. The van der Waals surface area contributed by atoms with Crippen LogP contribution in [0.5, 0.6) is 0 Å². The number of benzene rings is 2. The van der Waals surface area contributed by atoms with Crippen LogP contribution in [0.25, 0.3) is 0 Å². The van der Waals surface area contributed by atoms with Crippen LogP contribution in [0.3, 0.4) is 0 Å². The van der Waals surface area contributed by atoms with Crippen LogP contribution in [-0.2, 0) is 6.18 Å². The van der Waals surface area contributed by atoms with E-state index in [4.69, 9.17) is 0 Å². The fourth-order valence-electron chi connectivity index (χ4n) is 2.34. The highest BCUT2D eigenvalue weighted by molar-refractivity contribution is 6.25. The summed E-state index contributed by atoms with van der Waals surface area (Å²) in [5.41, 5.74) is -0.278. The Morgan fingerprint density at radius 3 is 2.26 bits per heavy atom. The Labute approximate surface area is 129 Å². The van der Waals surface area contributed by atoms with Crippen molar-refractivity contribution in [3.05, 3.63) is 77.0 Å². The van der Waals surface area contributed by atoms with Crippen molar-refractivity contribution in [3.63, 3.8) is 0 Å². The lowest BCUT2D eigenvalue weighted by Gasteiger charge is -2.17. The monoisotopic (exact) mass is 317 g/mol. The van der Waals surface area contributed by atoms with Crippen molar-refractivity contribution in [1.82, 2.24) is 0 Å². The van der Waals surface area contributed by atoms with Crippen LogP contribution in [-0.4, -0.2) is 11.6 Å². The van der Waals surface area contributed by atoms with Crippen LogP contribution in [0.4, 0.5) is 18.9 Å². The second-order valence-electron chi connectivity index (χ2n) is 5.00. The number of anilines is 1. The van der Waals surface area contributed by atoms with E-state index in [1.807, 2.05) is 0 Å². The molecule has 6 heteroatoms. The summed E-state index contributed by atoms with van der Waals surface area (Å²) in [6.07, 6.45) is -3.38. The first kappa shape index (κ1) is 15.0. The van der Waals surface area contributed by atoms with E-state index in [0.717, 1.165) is 18.2 Å². The number of carbonyl (C=O) groups excluding carboxylic acids is 2. The van der Waals surface area contributed by atoms with Crippen LogP contribution < -0.4 is 5.32 Å². The van der Waals surface area contributed by atoms with Crippen LogP contribution in [0.1, 0.15) is 26.3 Å². The first-order valence-electron chi connectivity index (χ1n) is 6.70. The molecule has 116 valence electrons. The van der Waals surface area contributed by atoms with Gasteiger partial charge in [0, 0.05) is 22.9 Å². The van der Waals surface area contributed by atoms with E-state index in [9.17, 15) is 22.8 Å². The Bertz CT molecular complexity index is 838. The number of hydrogen-bond acceptors (Lipinski definition) is 3. The summed E-state index contributed by atoms with van der Waals surface area (Å²) < 4.78 is 38.2. The fourth-order valence-corrected chi connectivity index (χ4v) is 2.34. The molecule has 1 N–H and O–H groups in total. The molecule has 0 bridgehead atoms. The lowest BCUT2D eigenvalue weighted by Crippen LogP contribution is -2.21. The molecular formula is C17H10F3NO2. The van der Waals surface area contributed by atoms with Gasteiger partial charge in [-0.1, -0.05) is 30.3 Å². The fraction of sp³-hybridized carbons (Fsp3) is 0.0588. The molecule has 2 aromatic rings. The maximum atomic E-state index is 12.7. The first-order valence-corrected chi connectivity index (χ1v) is 6.70. The average molecular weight is 317 g/mol. The smallest absolute Gasteiger partial charge is 0.352 e. The normalized spacial score (nSPS) is 14.3. The summed E-state index contributed by atoms with van der Waals surface area (Å²) in [7, 11) is 0. The molecule has 0 atom stereocenters. The molecule has 1 aliphatic carbocycles. The van der Waals surface area contributed by atoms with Gasteiger partial charge in [0.25, 0.3) is 0 Å². The minimum absolute atomic E-state index is 0.0481. The van der Waals surface area contributed by atoms with E-state index in [1.165, 1.54) is 24.3 Å². The number of hydrogen-bond donors (Lipinski definition) is 1. The Hall–Kier alpha value is -2.89. The zero-order chi connectivity index (χ0) is 16.6. The molecule has 0 saturated carbocycles. The molecule has 0 unspecified atom stereocenters. The minimum Gasteiger partial charge on any atom is -0.352 e. The van der Waals surface area contributed by atoms with Crippen LogP contribution in [0, 0.1) is 0 Å². The van der Waals surface area contributed by atoms with Gasteiger partial charge < -0.3 is 5.32 Å². The molecule has 3 rings (SSSR count). The number of nitrogens with one attached hydrogen (secondary N) is 1. The second-order valence-corrected chi connectivity index (χ2v) is 5.00. The Balaban J connectivity index is 1.93. The zero-order valence-corrected chi connectivity index (χ0v) is 11.6. The van der Waals surface area contributed by atoms with Gasteiger partial charge in [-0.25, -0.2) is 0 Å². The average Bonchev–Trinajstić information content (AvgIpc) is 2.52. The van der Waals surface area contributed by atoms with Crippen molar-refractivity contribution in [2.75, 3.05) is 5.32 Å². The summed E-state index contributed by atoms with van der Waals surface area (Å²) in [5.74, 6) is -0.799. The Morgan fingerprint density at radius 1 is 0.870 bits per heavy atom. The van der Waals surface area contributed by atoms with E-state index >= 15 is 0 Å². The van der Waals surface area contributed by atoms with E-state index in [0.29, 0.717) is 0 Å². The SMILES string of the molecule is O=C1C=C(Nc2cccc(C(F)(F)F)c2)C(=O)c2ccccc21. The van der Waals surface area contributed by atoms with Gasteiger partial charge in [0.15, 0.2) is 5.78 Å². The van der Waals surface area contributed by atoms with Crippen molar-refractivity contribution < 1.29 is 22.8 Å².